The lowest BCUT2D eigenvalue weighted by Crippen LogP contribution is -2.50. The van der Waals surface area contributed by atoms with Gasteiger partial charge in [0.25, 0.3) is 0 Å². The van der Waals surface area contributed by atoms with E-state index in [1.165, 1.54) is 27.2 Å². The molecule has 1 aliphatic carbocycles. The van der Waals surface area contributed by atoms with E-state index in [-0.39, 0.29) is 54.0 Å². The molecule has 0 unspecified atom stereocenters. The Morgan fingerprint density at radius 1 is 1.09 bits per heavy atom. The topological polar surface area (TPSA) is 138 Å². The van der Waals surface area contributed by atoms with Gasteiger partial charge in [0.2, 0.25) is 5.91 Å². The maximum absolute atomic E-state index is 12.4. The first-order chi connectivity index (χ1) is 20.3. The third-order valence-electron chi connectivity index (χ3n) is 8.47. The summed E-state index contributed by atoms with van der Waals surface area (Å²) >= 11 is 0. The zero-order chi connectivity index (χ0) is 31.7. The summed E-state index contributed by atoms with van der Waals surface area (Å²) in [6.07, 6.45) is 10.6. The molecule has 2 heterocycles. The van der Waals surface area contributed by atoms with Crippen molar-refractivity contribution in [2.75, 3.05) is 14.2 Å². The van der Waals surface area contributed by atoms with E-state index in [9.17, 15) is 19.2 Å². The van der Waals surface area contributed by atoms with Crippen LogP contribution < -0.4 is 10.6 Å². The van der Waals surface area contributed by atoms with E-state index >= 15 is 0 Å². The zero-order valence-electron chi connectivity index (χ0n) is 26.4. The molecule has 3 fully saturated rings. The summed E-state index contributed by atoms with van der Waals surface area (Å²) < 4.78 is 28.2. The molecule has 11 heteroatoms. The van der Waals surface area contributed by atoms with Gasteiger partial charge in [0.05, 0.1) is 37.9 Å². The van der Waals surface area contributed by atoms with Gasteiger partial charge in [-0.15, -0.1) is 0 Å². The van der Waals surface area contributed by atoms with Gasteiger partial charge in [-0.3, -0.25) is 14.4 Å². The fourth-order valence-electron chi connectivity index (χ4n) is 5.90. The molecule has 240 valence electrons. The molecule has 0 aromatic rings. The molecule has 1 saturated carbocycles. The molecular formula is C32H48N2O9. The van der Waals surface area contributed by atoms with Crippen molar-refractivity contribution >= 4 is 23.9 Å². The van der Waals surface area contributed by atoms with Crippen LogP contribution in [-0.2, 0) is 38.1 Å². The Kier molecular flexibility index (Phi) is 12.4. The van der Waals surface area contributed by atoms with Crippen LogP contribution in [0, 0.1) is 11.3 Å². The van der Waals surface area contributed by atoms with Crippen LogP contribution in [0.1, 0.15) is 73.1 Å². The standard InChI is InChI=1S/C32H48N2O9/c1-19(8-11-26-20(2)16-25(22(4)41-26)34-28(36)13-10-21(3)40-23(5)35)9-12-27-30(43-31(38)33-6)32(14-15-32)18-24(42-27)17-29(37)39-7/h8-10,12-13,20-22,24-27,30H,11,14-18H2,1-7H3,(H,33,38)(H,34,36)/b12-9+,13-10-,19-8+/t20-,21-,22+,24+,25+,26-,27+,30+/m0/s1. The highest BCUT2D eigenvalue weighted by Gasteiger charge is 2.58. The van der Waals surface area contributed by atoms with Crippen molar-refractivity contribution in [2.24, 2.45) is 11.3 Å². The van der Waals surface area contributed by atoms with Crippen molar-refractivity contribution in [3.05, 3.63) is 36.0 Å². The molecule has 0 aromatic heterocycles. The van der Waals surface area contributed by atoms with E-state index in [4.69, 9.17) is 23.7 Å². The number of rotatable bonds is 11. The van der Waals surface area contributed by atoms with Crippen molar-refractivity contribution in [2.45, 2.75) is 116 Å². The molecule has 3 rings (SSSR count). The largest absolute Gasteiger partial charge is 0.469 e. The number of hydrogen-bond acceptors (Lipinski definition) is 9. The number of carbonyl (C=O) groups excluding carboxylic acids is 4. The Morgan fingerprint density at radius 3 is 2.44 bits per heavy atom. The zero-order valence-corrected chi connectivity index (χ0v) is 26.4. The molecule has 11 nitrogen and oxygen atoms in total. The van der Waals surface area contributed by atoms with Crippen molar-refractivity contribution in [3.63, 3.8) is 0 Å². The van der Waals surface area contributed by atoms with Gasteiger partial charge in [0, 0.05) is 25.5 Å². The van der Waals surface area contributed by atoms with Crippen LogP contribution in [-0.4, -0.2) is 80.8 Å². The molecule has 0 aromatic carbocycles. The number of allylic oxidation sites excluding steroid dienone is 2. The molecule has 8 atom stereocenters. The second kappa shape index (κ2) is 15.5. The first-order valence-corrected chi connectivity index (χ1v) is 15.1. The van der Waals surface area contributed by atoms with Crippen LogP contribution in [0.25, 0.3) is 0 Å². The molecule has 2 amide bonds. The van der Waals surface area contributed by atoms with Gasteiger partial charge in [0.15, 0.2) is 0 Å². The summed E-state index contributed by atoms with van der Waals surface area (Å²) in [6.45, 7) is 9.08. The molecule has 3 aliphatic rings. The molecule has 0 bridgehead atoms. The Bertz CT molecular complexity index is 1100. The highest BCUT2D eigenvalue weighted by atomic mass is 16.6. The minimum absolute atomic E-state index is 0.0135. The van der Waals surface area contributed by atoms with E-state index in [1.807, 2.05) is 26.0 Å². The number of carbonyl (C=O) groups is 4. The van der Waals surface area contributed by atoms with Crippen LogP contribution >= 0.6 is 0 Å². The average Bonchev–Trinajstić information content (AvgIpc) is 3.72. The molecule has 2 N–H and O–H groups in total. The summed E-state index contributed by atoms with van der Waals surface area (Å²) in [7, 11) is 2.89. The minimum Gasteiger partial charge on any atom is -0.469 e. The lowest BCUT2D eigenvalue weighted by molar-refractivity contribution is -0.158. The van der Waals surface area contributed by atoms with E-state index in [2.05, 4.69) is 23.6 Å². The Morgan fingerprint density at radius 2 is 1.81 bits per heavy atom. The number of alkyl carbamates (subject to hydrolysis) is 1. The molecule has 43 heavy (non-hydrogen) atoms. The van der Waals surface area contributed by atoms with Gasteiger partial charge in [-0.2, -0.15) is 0 Å². The number of ether oxygens (including phenoxy) is 5. The third-order valence-corrected chi connectivity index (χ3v) is 8.47. The summed E-state index contributed by atoms with van der Waals surface area (Å²) in [6, 6.07) is -0.134. The van der Waals surface area contributed by atoms with Gasteiger partial charge >= 0.3 is 18.0 Å². The van der Waals surface area contributed by atoms with Crippen molar-refractivity contribution in [3.8, 4) is 0 Å². The summed E-state index contributed by atoms with van der Waals surface area (Å²) in [5, 5.41) is 5.53. The van der Waals surface area contributed by atoms with Crippen molar-refractivity contribution < 1.29 is 42.9 Å². The smallest absolute Gasteiger partial charge is 0.407 e. The maximum Gasteiger partial charge on any atom is 0.407 e. The molecular weight excluding hydrogens is 556 g/mol. The van der Waals surface area contributed by atoms with Gasteiger partial charge in [-0.25, -0.2) is 4.79 Å². The van der Waals surface area contributed by atoms with Crippen LogP contribution in [0.5, 0.6) is 0 Å². The van der Waals surface area contributed by atoms with Crippen molar-refractivity contribution in [1.82, 2.24) is 10.6 Å². The number of amides is 2. The lowest BCUT2D eigenvalue weighted by atomic mass is 9.84. The highest BCUT2D eigenvalue weighted by Crippen LogP contribution is 2.58. The predicted octanol–water partition coefficient (Wildman–Crippen LogP) is 3.91. The Balaban J connectivity index is 1.58. The minimum atomic E-state index is -0.503. The van der Waals surface area contributed by atoms with E-state index in [0.717, 1.165) is 24.8 Å². The first-order valence-electron chi connectivity index (χ1n) is 15.1. The molecule has 0 radical (unpaired) electrons. The number of methoxy groups -OCH3 is 1. The molecule has 2 aliphatic heterocycles. The van der Waals surface area contributed by atoms with Gasteiger partial charge in [-0.1, -0.05) is 30.7 Å². The van der Waals surface area contributed by atoms with E-state index in [0.29, 0.717) is 12.8 Å². The molecule has 1 spiro atoms. The van der Waals surface area contributed by atoms with Crippen LogP contribution in [0.4, 0.5) is 4.79 Å². The fraction of sp³-hybridized carbons (Fsp3) is 0.688. The lowest BCUT2D eigenvalue weighted by Gasteiger charge is -2.40. The average molecular weight is 605 g/mol. The quantitative estimate of drug-likeness (QED) is 0.156. The Hall–Kier alpha value is -3.18. The van der Waals surface area contributed by atoms with Crippen molar-refractivity contribution in [1.29, 1.82) is 0 Å². The monoisotopic (exact) mass is 604 g/mol. The first kappa shape index (κ1) is 34.3. The van der Waals surface area contributed by atoms with Gasteiger partial charge in [0.1, 0.15) is 18.3 Å². The fourth-order valence-corrected chi connectivity index (χ4v) is 5.90. The normalized spacial score (nSPS) is 31.0. The number of esters is 2. The second-order valence-corrected chi connectivity index (χ2v) is 12.1. The predicted molar refractivity (Wildman–Crippen MR) is 159 cm³/mol. The van der Waals surface area contributed by atoms with Gasteiger partial charge < -0.3 is 34.3 Å². The van der Waals surface area contributed by atoms with E-state index in [1.54, 1.807) is 13.0 Å². The van der Waals surface area contributed by atoms with Crippen LogP contribution in [0.3, 0.4) is 0 Å². The number of hydrogen-bond donors (Lipinski definition) is 2. The van der Waals surface area contributed by atoms with Gasteiger partial charge in [-0.05, 0) is 64.9 Å². The number of nitrogens with one attached hydrogen (secondary N) is 2. The summed E-state index contributed by atoms with van der Waals surface area (Å²) in [4.78, 5) is 47.6. The summed E-state index contributed by atoms with van der Waals surface area (Å²) in [5.74, 6) is -0.770. The third kappa shape index (κ3) is 10.2. The highest BCUT2D eigenvalue weighted by molar-refractivity contribution is 5.87. The molecule has 2 saturated heterocycles. The van der Waals surface area contributed by atoms with Crippen LogP contribution in [0.15, 0.2) is 36.0 Å². The maximum atomic E-state index is 12.4. The Labute approximate surface area is 254 Å². The van der Waals surface area contributed by atoms with Crippen LogP contribution in [0.2, 0.25) is 0 Å². The second-order valence-electron chi connectivity index (χ2n) is 12.1. The summed E-state index contributed by atoms with van der Waals surface area (Å²) in [5.41, 5.74) is 0.813. The van der Waals surface area contributed by atoms with E-state index < -0.39 is 30.4 Å². The SMILES string of the molecule is CNC(=O)O[C@@H]1[C@@H](/C=C/C(C)=C/C[C@@H]2O[C@H](C)[C@H](NC(=O)/C=C\[C@H](C)OC(C)=O)C[C@@H]2C)O[C@H](CC(=O)OC)CC12CC2.